The van der Waals surface area contributed by atoms with E-state index in [0.29, 0.717) is 13.1 Å². The summed E-state index contributed by atoms with van der Waals surface area (Å²) in [6.07, 6.45) is 0. The number of hydrogen-bond acceptors (Lipinski definition) is 3. The minimum atomic E-state index is -0.232. The average molecular weight is 267 g/mol. The van der Waals surface area contributed by atoms with Gasteiger partial charge in [-0.3, -0.25) is 4.57 Å². The smallest absolute Gasteiger partial charge is 0.320 e. The fourth-order valence-electron chi connectivity index (χ4n) is 2.06. The molecule has 2 rings (SSSR count). The Balaban J connectivity index is 2.43. The minimum Gasteiger partial charge on any atom is -0.320 e. The lowest BCUT2D eigenvalue weighted by atomic mass is 10.1. The average Bonchev–Trinajstić information content (AvgIpc) is 2.41. The zero-order valence-electron chi connectivity index (χ0n) is 11.7. The first-order valence-corrected chi connectivity index (χ1v) is 6.43. The number of hydrogen-bond donors (Lipinski definition) is 1. The third kappa shape index (κ3) is 3.14. The molecule has 0 aliphatic carbocycles. The molecule has 20 heavy (non-hydrogen) atoms. The predicted octanol–water partition coefficient (Wildman–Crippen LogP) is 1.22. The van der Waals surface area contributed by atoms with Gasteiger partial charge in [0.1, 0.15) is 0 Å². The van der Waals surface area contributed by atoms with Crippen molar-refractivity contribution in [3.63, 3.8) is 0 Å². The van der Waals surface area contributed by atoms with E-state index in [1.54, 1.807) is 4.57 Å². The summed E-state index contributed by atoms with van der Waals surface area (Å²) in [5.41, 5.74) is 8.68. The van der Waals surface area contributed by atoms with Crippen molar-refractivity contribution in [2.24, 2.45) is 5.73 Å². The number of nitrogens with zero attached hydrogens (tertiary/aromatic N) is 2. The van der Waals surface area contributed by atoms with Gasteiger partial charge >= 0.3 is 5.69 Å². The first kappa shape index (κ1) is 14.0. The van der Waals surface area contributed by atoms with Crippen LogP contribution in [0.4, 0.5) is 0 Å². The zero-order chi connectivity index (χ0) is 14.5. The van der Waals surface area contributed by atoms with Crippen LogP contribution in [0.5, 0.6) is 0 Å². The van der Waals surface area contributed by atoms with Crippen molar-refractivity contribution in [1.29, 1.82) is 0 Å². The lowest BCUT2D eigenvalue weighted by Gasteiger charge is -2.11. The van der Waals surface area contributed by atoms with Crippen LogP contribution in [-0.4, -0.2) is 16.1 Å². The van der Waals surface area contributed by atoms with Crippen molar-refractivity contribution in [2.75, 3.05) is 6.54 Å². The number of rotatable bonds is 2. The van der Waals surface area contributed by atoms with Crippen LogP contribution in [0, 0.1) is 25.7 Å². The summed E-state index contributed by atoms with van der Waals surface area (Å²) in [5.74, 6) is 5.88. The van der Waals surface area contributed by atoms with E-state index in [4.69, 9.17) is 5.73 Å². The molecule has 0 amide bonds. The van der Waals surface area contributed by atoms with Gasteiger partial charge in [-0.25, -0.2) is 4.79 Å². The molecule has 0 bridgehead atoms. The maximum atomic E-state index is 12.0. The molecule has 0 atom stereocenters. The van der Waals surface area contributed by atoms with Crippen LogP contribution in [0.2, 0.25) is 0 Å². The second kappa shape index (κ2) is 6.18. The molecule has 0 aliphatic rings. The van der Waals surface area contributed by atoms with Crippen LogP contribution in [0.15, 0.2) is 35.1 Å². The Morgan fingerprint density at radius 2 is 2.05 bits per heavy atom. The summed E-state index contributed by atoms with van der Waals surface area (Å²) in [7, 11) is 0. The second-order valence-electron chi connectivity index (χ2n) is 4.57. The Hall–Kier alpha value is -2.38. The molecule has 0 radical (unpaired) electrons. The molecule has 2 aromatic rings. The SMILES string of the molecule is Cc1cc(C)n(Cc2ccccc2C#CCN)c(=O)n1. The molecule has 1 heterocycles. The first-order valence-electron chi connectivity index (χ1n) is 6.43. The topological polar surface area (TPSA) is 60.9 Å². The lowest BCUT2D eigenvalue weighted by Crippen LogP contribution is -2.26. The van der Waals surface area contributed by atoms with Gasteiger partial charge in [-0.05, 0) is 31.5 Å². The van der Waals surface area contributed by atoms with E-state index < -0.39 is 0 Å². The van der Waals surface area contributed by atoms with Crippen molar-refractivity contribution in [3.8, 4) is 11.8 Å². The number of benzene rings is 1. The van der Waals surface area contributed by atoms with Crippen LogP contribution in [0.1, 0.15) is 22.5 Å². The van der Waals surface area contributed by atoms with Crippen molar-refractivity contribution in [1.82, 2.24) is 9.55 Å². The fraction of sp³-hybridized carbons (Fsp3) is 0.250. The number of aromatic nitrogens is 2. The van der Waals surface area contributed by atoms with Gasteiger partial charge in [0.15, 0.2) is 0 Å². The van der Waals surface area contributed by atoms with Crippen molar-refractivity contribution < 1.29 is 0 Å². The summed E-state index contributed by atoms with van der Waals surface area (Å²) in [6, 6.07) is 9.65. The highest BCUT2D eigenvalue weighted by Gasteiger charge is 2.06. The molecule has 1 aromatic heterocycles. The molecule has 102 valence electrons. The van der Waals surface area contributed by atoms with Gasteiger partial charge in [-0.1, -0.05) is 30.0 Å². The van der Waals surface area contributed by atoms with Crippen molar-refractivity contribution in [2.45, 2.75) is 20.4 Å². The molecule has 4 heteroatoms. The number of nitrogens with two attached hydrogens (primary N) is 1. The predicted molar refractivity (Wildman–Crippen MR) is 79.4 cm³/mol. The van der Waals surface area contributed by atoms with Gasteiger partial charge in [0.25, 0.3) is 0 Å². The van der Waals surface area contributed by atoms with Crippen molar-refractivity contribution >= 4 is 0 Å². The molecule has 0 saturated heterocycles. The van der Waals surface area contributed by atoms with Gasteiger partial charge in [-0.2, -0.15) is 4.98 Å². The van der Waals surface area contributed by atoms with Crippen LogP contribution in [0.3, 0.4) is 0 Å². The van der Waals surface area contributed by atoms with Gasteiger partial charge in [0.2, 0.25) is 0 Å². The Kier molecular flexibility index (Phi) is 4.34. The molecular formula is C16H17N3O. The van der Waals surface area contributed by atoms with Crippen LogP contribution in [0.25, 0.3) is 0 Å². The Morgan fingerprint density at radius 3 is 2.75 bits per heavy atom. The Morgan fingerprint density at radius 1 is 1.30 bits per heavy atom. The van der Waals surface area contributed by atoms with E-state index in [2.05, 4.69) is 16.8 Å². The van der Waals surface area contributed by atoms with E-state index in [-0.39, 0.29) is 5.69 Å². The van der Waals surface area contributed by atoms with Crippen LogP contribution >= 0.6 is 0 Å². The Labute approximate surface area is 118 Å². The molecule has 0 unspecified atom stereocenters. The maximum Gasteiger partial charge on any atom is 0.348 e. The minimum absolute atomic E-state index is 0.232. The van der Waals surface area contributed by atoms with E-state index in [9.17, 15) is 4.79 Å². The molecular weight excluding hydrogens is 250 g/mol. The first-order chi connectivity index (χ1) is 9.61. The highest BCUT2D eigenvalue weighted by molar-refractivity contribution is 5.41. The summed E-state index contributed by atoms with van der Waals surface area (Å²) in [4.78, 5) is 16.0. The fourth-order valence-corrected chi connectivity index (χ4v) is 2.06. The third-order valence-electron chi connectivity index (χ3n) is 3.02. The van der Waals surface area contributed by atoms with Crippen LogP contribution < -0.4 is 11.4 Å². The molecule has 2 N–H and O–H groups in total. The lowest BCUT2D eigenvalue weighted by molar-refractivity contribution is 0.693. The molecule has 0 spiro atoms. The van der Waals surface area contributed by atoms with Gasteiger partial charge in [0.05, 0.1) is 13.1 Å². The van der Waals surface area contributed by atoms with Crippen LogP contribution in [-0.2, 0) is 6.54 Å². The highest BCUT2D eigenvalue weighted by atomic mass is 16.1. The molecule has 0 aliphatic heterocycles. The van der Waals surface area contributed by atoms with Gasteiger partial charge in [0, 0.05) is 17.0 Å². The van der Waals surface area contributed by atoms with E-state index in [0.717, 1.165) is 22.5 Å². The Bertz CT molecular complexity index is 735. The zero-order valence-corrected chi connectivity index (χ0v) is 11.7. The number of aryl methyl sites for hydroxylation is 2. The summed E-state index contributed by atoms with van der Waals surface area (Å²) < 4.78 is 1.65. The van der Waals surface area contributed by atoms with E-state index in [1.807, 2.05) is 44.2 Å². The third-order valence-corrected chi connectivity index (χ3v) is 3.02. The van der Waals surface area contributed by atoms with Gasteiger partial charge in [-0.15, -0.1) is 0 Å². The van der Waals surface area contributed by atoms with Crippen molar-refractivity contribution in [3.05, 3.63) is 63.3 Å². The quantitative estimate of drug-likeness (QED) is 0.832. The second-order valence-corrected chi connectivity index (χ2v) is 4.57. The summed E-state index contributed by atoms with van der Waals surface area (Å²) in [5, 5.41) is 0. The molecule has 1 aromatic carbocycles. The van der Waals surface area contributed by atoms with E-state index in [1.165, 1.54) is 0 Å². The molecule has 4 nitrogen and oxygen atoms in total. The molecule has 0 fully saturated rings. The van der Waals surface area contributed by atoms with E-state index >= 15 is 0 Å². The normalized spacial score (nSPS) is 9.95. The standard InChI is InChI=1S/C16H17N3O/c1-12-10-13(2)19(16(20)18-12)11-15-7-4-3-6-14(15)8-5-9-17/h3-4,6-7,10H,9,11,17H2,1-2H3. The highest BCUT2D eigenvalue weighted by Crippen LogP contribution is 2.10. The largest absolute Gasteiger partial charge is 0.348 e. The summed E-state index contributed by atoms with van der Waals surface area (Å²) >= 11 is 0. The molecule has 0 saturated carbocycles. The summed E-state index contributed by atoms with van der Waals surface area (Å²) in [6.45, 7) is 4.51. The monoisotopic (exact) mass is 267 g/mol. The van der Waals surface area contributed by atoms with Gasteiger partial charge < -0.3 is 5.73 Å². The maximum absolute atomic E-state index is 12.0.